The van der Waals surface area contributed by atoms with E-state index in [1.807, 2.05) is 37.4 Å². The summed E-state index contributed by atoms with van der Waals surface area (Å²) < 4.78 is 0. The third kappa shape index (κ3) is 3.29. The first-order chi connectivity index (χ1) is 9.08. The van der Waals surface area contributed by atoms with Gasteiger partial charge in [0.05, 0.1) is 6.04 Å². The smallest absolute Gasteiger partial charge is 0.103 e. The van der Waals surface area contributed by atoms with Gasteiger partial charge in [0.15, 0.2) is 0 Å². The minimum Gasteiger partial charge on any atom is -0.389 e. The predicted octanol–water partition coefficient (Wildman–Crippen LogP) is 3.20. The molecule has 1 heterocycles. The molecule has 0 saturated heterocycles. The Bertz CT molecular complexity index is 581. The van der Waals surface area contributed by atoms with Crippen molar-refractivity contribution in [3.05, 3.63) is 59.4 Å². The third-order valence-electron chi connectivity index (χ3n) is 3.07. The molecular formula is C15H17N3S. The minimum absolute atomic E-state index is 0.197. The number of nitrogens with one attached hydrogen (secondary N) is 1. The van der Waals surface area contributed by atoms with E-state index in [2.05, 4.69) is 23.3 Å². The Morgan fingerprint density at radius 3 is 2.74 bits per heavy atom. The number of nitrogens with zero attached hydrogens (tertiary/aromatic N) is 1. The number of aryl methyl sites for hydroxylation is 1. The van der Waals surface area contributed by atoms with Gasteiger partial charge in [0.25, 0.3) is 0 Å². The lowest BCUT2D eigenvalue weighted by atomic mass is 10.1. The van der Waals surface area contributed by atoms with Crippen LogP contribution in [0.5, 0.6) is 0 Å². The number of aromatic nitrogens is 1. The molecule has 1 atom stereocenters. The molecule has 1 aromatic heterocycles. The highest BCUT2D eigenvalue weighted by Gasteiger charge is 2.07. The van der Waals surface area contributed by atoms with E-state index in [0.717, 1.165) is 22.4 Å². The molecule has 19 heavy (non-hydrogen) atoms. The van der Waals surface area contributed by atoms with Crippen LogP contribution in [0.15, 0.2) is 42.7 Å². The highest BCUT2D eigenvalue weighted by molar-refractivity contribution is 7.80. The summed E-state index contributed by atoms with van der Waals surface area (Å²) in [5.41, 5.74) is 9.88. The second kappa shape index (κ2) is 5.80. The maximum absolute atomic E-state index is 5.63. The highest BCUT2D eigenvalue weighted by atomic mass is 32.1. The normalized spacial score (nSPS) is 11.9. The number of nitrogens with two attached hydrogens (primary N) is 1. The van der Waals surface area contributed by atoms with Crippen LogP contribution in [0.3, 0.4) is 0 Å². The van der Waals surface area contributed by atoms with E-state index in [1.54, 1.807) is 6.20 Å². The lowest BCUT2D eigenvalue weighted by Gasteiger charge is -2.17. The maximum Gasteiger partial charge on any atom is 0.103 e. The average Bonchev–Trinajstić information content (AvgIpc) is 2.41. The summed E-state index contributed by atoms with van der Waals surface area (Å²) in [5, 5.41) is 3.47. The molecule has 0 bridgehead atoms. The molecule has 3 nitrogen and oxygen atoms in total. The number of pyridine rings is 1. The van der Waals surface area contributed by atoms with Gasteiger partial charge in [0.2, 0.25) is 0 Å². The van der Waals surface area contributed by atoms with E-state index in [0.29, 0.717) is 4.99 Å². The van der Waals surface area contributed by atoms with Crippen LogP contribution in [0, 0.1) is 6.92 Å². The van der Waals surface area contributed by atoms with Crippen LogP contribution in [0.2, 0.25) is 0 Å². The van der Waals surface area contributed by atoms with Crippen molar-refractivity contribution in [3.8, 4) is 0 Å². The van der Waals surface area contributed by atoms with Crippen molar-refractivity contribution in [1.82, 2.24) is 4.98 Å². The van der Waals surface area contributed by atoms with Gasteiger partial charge in [-0.25, -0.2) is 0 Å². The van der Waals surface area contributed by atoms with Crippen molar-refractivity contribution in [2.45, 2.75) is 19.9 Å². The Kier molecular flexibility index (Phi) is 4.12. The first kappa shape index (κ1) is 13.5. The summed E-state index contributed by atoms with van der Waals surface area (Å²) in [6.07, 6.45) is 3.65. The van der Waals surface area contributed by atoms with Gasteiger partial charge in [-0.3, -0.25) is 4.98 Å². The summed E-state index contributed by atoms with van der Waals surface area (Å²) in [4.78, 5) is 4.56. The van der Waals surface area contributed by atoms with Gasteiger partial charge in [-0.1, -0.05) is 18.3 Å². The molecule has 0 aliphatic carbocycles. The molecular weight excluding hydrogens is 254 g/mol. The second-order valence-corrected chi connectivity index (χ2v) is 4.99. The van der Waals surface area contributed by atoms with Gasteiger partial charge < -0.3 is 11.1 Å². The molecule has 1 unspecified atom stereocenters. The Morgan fingerprint density at radius 2 is 2.16 bits per heavy atom. The van der Waals surface area contributed by atoms with Crippen molar-refractivity contribution in [1.29, 1.82) is 0 Å². The van der Waals surface area contributed by atoms with E-state index in [-0.39, 0.29) is 6.04 Å². The largest absolute Gasteiger partial charge is 0.389 e. The Morgan fingerprint density at radius 1 is 1.37 bits per heavy atom. The van der Waals surface area contributed by atoms with Gasteiger partial charge in [-0.05, 0) is 49.2 Å². The zero-order chi connectivity index (χ0) is 13.8. The van der Waals surface area contributed by atoms with Crippen molar-refractivity contribution < 1.29 is 0 Å². The molecule has 0 saturated carbocycles. The van der Waals surface area contributed by atoms with Crippen molar-refractivity contribution in [3.63, 3.8) is 0 Å². The lowest BCUT2D eigenvalue weighted by molar-refractivity contribution is 0.873. The molecule has 3 N–H and O–H groups in total. The van der Waals surface area contributed by atoms with Crippen LogP contribution >= 0.6 is 12.2 Å². The standard InChI is InChI=1S/C15H17N3S/c1-10-8-12(15(16)19)5-6-14(10)18-11(2)13-4-3-7-17-9-13/h3-9,11,18H,1-2H3,(H2,16,19). The molecule has 0 aliphatic heterocycles. The van der Waals surface area contributed by atoms with Crippen molar-refractivity contribution in [2.24, 2.45) is 5.73 Å². The van der Waals surface area contributed by atoms with Gasteiger partial charge in [0, 0.05) is 23.6 Å². The third-order valence-corrected chi connectivity index (χ3v) is 3.30. The fraction of sp³-hybridized carbons (Fsp3) is 0.200. The molecule has 0 fully saturated rings. The fourth-order valence-corrected chi connectivity index (χ4v) is 2.05. The van der Waals surface area contributed by atoms with Gasteiger partial charge in [-0.15, -0.1) is 0 Å². The van der Waals surface area contributed by atoms with E-state index >= 15 is 0 Å². The number of benzene rings is 1. The first-order valence-corrected chi connectivity index (χ1v) is 6.55. The Balaban J connectivity index is 2.18. The first-order valence-electron chi connectivity index (χ1n) is 6.15. The summed E-state index contributed by atoms with van der Waals surface area (Å²) >= 11 is 4.98. The van der Waals surface area contributed by atoms with Gasteiger partial charge in [0.1, 0.15) is 4.99 Å². The van der Waals surface area contributed by atoms with Crippen LogP contribution in [-0.4, -0.2) is 9.97 Å². The maximum atomic E-state index is 5.63. The Hall–Kier alpha value is -1.94. The van der Waals surface area contributed by atoms with Crippen molar-refractivity contribution in [2.75, 3.05) is 5.32 Å². The SMILES string of the molecule is Cc1cc(C(N)=S)ccc1NC(C)c1cccnc1. The molecule has 98 valence electrons. The van der Waals surface area contributed by atoms with Crippen LogP contribution in [0.1, 0.15) is 29.7 Å². The summed E-state index contributed by atoms with van der Waals surface area (Å²) in [6, 6.07) is 10.1. The predicted molar refractivity (Wildman–Crippen MR) is 83.3 cm³/mol. The van der Waals surface area contributed by atoms with Crippen molar-refractivity contribution >= 4 is 22.9 Å². The molecule has 0 spiro atoms. The van der Waals surface area contributed by atoms with Crippen LogP contribution in [0.4, 0.5) is 5.69 Å². The molecule has 0 radical (unpaired) electrons. The topological polar surface area (TPSA) is 50.9 Å². The molecule has 2 aromatic rings. The average molecular weight is 271 g/mol. The molecule has 0 amide bonds. The monoisotopic (exact) mass is 271 g/mol. The van der Waals surface area contributed by atoms with E-state index in [4.69, 9.17) is 18.0 Å². The number of rotatable bonds is 4. The second-order valence-electron chi connectivity index (χ2n) is 4.55. The minimum atomic E-state index is 0.197. The zero-order valence-electron chi connectivity index (χ0n) is 11.1. The van der Waals surface area contributed by atoms with Crippen LogP contribution in [-0.2, 0) is 0 Å². The highest BCUT2D eigenvalue weighted by Crippen LogP contribution is 2.22. The number of hydrogen-bond acceptors (Lipinski definition) is 3. The van der Waals surface area contributed by atoms with E-state index in [9.17, 15) is 0 Å². The van der Waals surface area contributed by atoms with Gasteiger partial charge in [-0.2, -0.15) is 0 Å². The number of thiocarbonyl (C=S) groups is 1. The molecule has 0 aliphatic rings. The zero-order valence-corrected chi connectivity index (χ0v) is 11.9. The van der Waals surface area contributed by atoms with Gasteiger partial charge >= 0.3 is 0 Å². The van der Waals surface area contributed by atoms with E-state index < -0.39 is 0 Å². The quantitative estimate of drug-likeness (QED) is 0.838. The number of anilines is 1. The molecule has 2 rings (SSSR count). The molecule has 1 aromatic carbocycles. The lowest BCUT2D eigenvalue weighted by Crippen LogP contribution is -2.11. The summed E-state index contributed by atoms with van der Waals surface area (Å²) in [7, 11) is 0. The summed E-state index contributed by atoms with van der Waals surface area (Å²) in [6.45, 7) is 4.15. The Labute approximate surface area is 118 Å². The number of hydrogen-bond donors (Lipinski definition) is 2. The van der Waals surface area contributed by atoms with Crippen LogP contribution in [0.25, 0.3) is 0 Å². The summed E-state index contributed by atoms with van der Waals surface area (Å²) in [5.74, 6) is 0. The fourth-order valence-electron chi connectivity index (χ4n) is 1.93. The van der Waals surface area contributed by atoms with E-state index in [1.165, 1.54) is 0 Å². The van der Waals surface area contributed by atoms with Crippen LogP contribution < -0.4 is 11.1 Å². The molecule has 4 heteroatoms.